The summed E-state index contributed by atoms with van der Waals surface area (Å²) in [6, 6.07) is 26.4. The zero-order valence-electron chi connectivity index (χ0n) is 29.9. The van der Waals surface area contributed by atoms with E-state index in [0.29, 0.717) is 51.5 Å². The molecular weight excluding hydrogens is 706 g/mol. The number of nitrogens with two attached hydrogens (primary N) is 3. The zero-order valence-corrected chi connectivity index (χ0v) is 30.7. The molecule has 1 unspecified atom stereocenters. The first-order chi connectivity index (χ1) is 26.1. The maximum absolute atomic E-state index is 6.61. The standard InChI is InChI=1S/C20H21ClN6O.C18H17N7O/c1-3-18-24-14-6-4-5-7-15(14)27(18)19-11-17(22)25-20(23,26-19)12-8-9-16(28-2)13(21)10-12;1-11-21-13-5-3-4-6-14(13)25(11)16-9-15(19)23-18(24-16)22-12-7-8-17(26-2)20-10-12/h4-11,26H,3,23H2,1-2H3,(H2,22,25);3-10H,1-2H3,(H3,19,22,23,24). The van der Waals surface area contributed by atoms with Crippen LogP contribution in [-0.2, 0) is 12.2 Å². The number of ether oxygens (including phenoxy) is 2. The number of halogens is 1. The lowest BCUT2D eigenvalue weighted by Crippen LogP contribution is -2.52. The lowest BCUT2D eigenvalue weighted by Gasteiger charge is -2.33. The first kappa shape index (κ1) is 35.7. The number of fused-ring (bicyclic) bond motifs is 2. The number of nitrogen functional groups attached to an aromatic ring is 1. The molecule has 1 aliphatic rings. The molecule has 274 valence electrons. The second kappa shape index (κ2) is 14.7. The monoisotopic (exact) mass is 743 g/mol. The van der Waals surface area contributed by atoms with Crippen LogP contribution in [0.15, 0.2) is 102 Å². The molecule has 7 aromatic rings. The average molecular weight is 744 g/mol. The number of aromatic nitrogens is 7. The minimum Gasteiger partial charge on any atom is -0.495 e. The van der Waals surface area contributed by atoms with Crippen molar-refractivity contribution in [3.8, 4) is 17.4 Å². The Morgan fingerprint density at radius 2 is 1.57 bits per heavy atom. The number of aliphatic imine (C=N–C) groups is 1. The molecule has 15 nitrogen and oxygen atoms in total. The molecule has 54 heavy (non-hydrogen) atoms. The number of rotatable bonds is 8. The number of hydrogen-bond acceptors (Lipinski definition) is 13. The number of hydrogen-bond donors (Lipinski definition) is 5. The Hall–Kier alpha value is -6.71. The summed E-state index contributed by atoms with van der Waals surface area (Å²) in [7, 11) is 3.13. The molecule has 8 N–H and O–H groups in total. The van der Waals surface area contributed by atoms with Gasteiger partial charge < -0.3 is 31.6 Å². The summed E-state index contributed by atoms with van der Waals surface area (Å²) in [5, 5.41) is 6.86. The predicted molar refractivity (Wildman–Crippen MR) is 212 cm³/mol. The van der Waals surface area contributed by atoms with E-state index < -0.39 is 5.79 Å². The normalized spacial score (nSPS) is 15.1. The van der Waals surface area contributed by atoms with Crippen molar-refractivity contribution in [2.75, 3.05) is 25.3 Å². The molecule has 0 amide bonds. The minimum absolute atomic E-state index is 0.308. The van der Waals surface area contributed by atoms with Gasteiger partial charge in [-0.1, -0.05) is 42.8 Å². The van der Waals surface area contributed by atoms with E-state index in [9.17, 15) is 0 Å². The number of pyridine rings is 1. The number of aryl methyl sites for hydroxylation is 2. The van der Waals surface area contributed by atoms with Crippen LogP contribution in [0.1, 0.15) is 24.1 Å². The molecule has 0 radical (unpaired) electrons. The molecule has 0 aliphatic carbocycles. The van der Waals surface area contributed by atoms with E-state index in [0.717, 1.165) is 45.8 Å². The van der Waals surface area contributed by atoms with Gasteiger partial charge >= 0.3 is 0 Å². The number of nitrogens with one attached hydrogen (secondary N) is 2. The summed E-state index contributed by atoms with van der Waals surface area (Å²) in [6.45, 7) is 3.98. The molecule has 1 atom stereocenters. The lowest BCUT2D eigenvalue weighted by molar-refractivity contribution is 0.398. The SMILES string of the molecule is CCc1nc2ccccc2n1C1=CC(N)=NC(N)(c2ccc(OC)c(Cl)c2)N1.COc1ccc(Nc2nc(N)cc(-n3c(C)nc4ccccc43)n2)cn1. The minimum atomic E-state index is -1.28. The first-order valence-corrected chi connectivity index (χ1v) is 17.3. The Balaban J connectivity index is 0.000000167. The highest BCUT2D eigenvalue weighted by atomic mass is 35.5. The van der Waals surface area contributed by atoms with Crippen molar-refractivity contribution in [2.24, 2.45) is 16.5 Å². The third kappa shape index (κ3) is 7.05. The van der Waals surface area contributed by atoms with Gasteiger partial charge in [0.25, 0.3) is 0 Å². The number of benzene rings is 3. The van der Waals surface area contributed by atoms with Gasteiger partial charge in [0.05, 0.1) is 53.2 Å². The van der Waals surface area contributed by atoms with Gasteiger partial charge in [0.2, 0.25) is 17.6 Å². The smallest absolute Gasteiger partial charge is 0.231 e. The van der Waals surface area contributed by atoms with Gasteiger partial charge in [0.15, 0.2) is 0 Å². The van der Waals surface area contributed by atoms with Crippen LogP contribution >= 0.6 is 11.6 Å². The van der Waals surface area contributed by atoms with Crippen LogP contribution in [0, 0.1) is 6.92 Å². The van der Waals surface area contributed by atoms with E-state index in [1.807, 2.05) is 76.7 Å². The largest absolute Gasteiger partial charge is 0.495 e. The van der Waals surface area contributed by atoms with Crippen LogP contribution in [0.5, 0.6) is 11.6 Å². The Morgan fingerprint density at radius 3 is 2.24 bits per heavy atom. The van der Waals surface area contributed by atoms with Gasteiger partial charge in [0, 0.05) is 30.2 Å². The molecule has 8 rings (SSSR count). The van der Waals surface area contributed by atoms with Crippen molar-refractivity contribution in [1.82, 2.24) is 39.4 Å². The summed E-state index contributed by atoms with van der Waals surface area (Å²) in [5.41, 5.74) is 23.9. The second-order valence-corrected chi connectivity index (χ2v) is 12.6. The van der Waals surface area contributed by atoms with Gasteiger partial charge in [-0.15, -0.1) is 0 Å². The van der Waals surface area contributed by atoms with Crippen LogP contribution in [-0.4, -0.2) is 54.1 Å². The second-order valence-electron chi connectivity index (χ2n) is 12.2. The zero-order chi connectivity index (χ0) is 38.0. The van der Waals surface area contributed by atoms with Crippen LogP contribution in [0.3, 0.4) is 0 Å². The summed E-state index contributed by atoms with van der Waals surface area (Å²) in [5.74, 6) is 3.92. The molecule has 16 heteroatoms. The van der Waals surface area contributed by atoms with Crippen molar-refractivity contribution < 1.29 is 9.47 Å². The van der Waals surface area contributed by atoms with Crippen LogP contribution in [0.25, 0.3) is 33.7 Å². The summed E-state index contributed by atoms with van der Waals surface area (Å²) in [4.78, 5) is 26.7. The molecule has 0 spiro atoms. The molecule has 3 aromatic carbocycles. The lowest BCUT2D eigenvalue weighted by atomic mass is 10.1. The van der Waals surface area contributed by atoms with E-state index in [-0.39, 0.29) is 0 Å². The van der Waals surface area contributed by atoms with Crippen molar-refractivity contribution in [3.63, 3.8) is 0 Å². The maximum Gasteiger partial charge on any atom is 0.231 e. The summed E-state index contributed by atoms with van der Waals surface area (Å²) >= 11 is 6.29. The Kier molecular flexibility index (Phi) is 9.73. The van der Waals surface area contributed by atoms with Crippen molar-refractivity contribution in [1.29, 1.82) is 0 Å². The van der Waals surface area contributed by atoms with Gasteiger partial charge in [-0.3, -0.25) is 14.9 Å². The van der Waals surface area contributed by atoms with Crippen LogP contribution < -0.4 is 37.3 Å². The van der Waals surface area contributed by atoms with Gasteiger partial charge in [-0.2, -0.15) is 9.97 Å². The highest BCUT2D eigenvalue weighted by Gasteiger charge is 2.33. The van der Waals surface area contributed by atoms with E-state index >= 15 is 0 Å². The number of amidine groups is 1. The number of methoxy groups -OCH3 is 2. The van der Waals surface area contributed by atoms with Crippen LogP contribution in [0.2, 0.25) is 5.02 Å². The fourth-order valence-corrected chi connectivity index (χ4v) is 6.40. The number of para-hydroxylation sites is 4. The molecule has 0 bridgehead atoms. The van der Waals surface area contributed by atoms with Crippen molar-refractivity contribution >= 4 is 62.8 Å². The maximum atomic E-state index is 6.61. The third-order valence-corrected chi connectivity index (χ3v) is 8.88. The predicted octanol–water partition coefficient (Wildman–Crippen LogP) is 5.64. The van der Waals surface area contributed by atoms with Crippen molar-refractivity contribution in [2.45, 2.75) is 26.1 Å². The van der Waals surface area contributed by atoms with Crippen molar-refractivity contribution in [3.05, 3.63) is 119 Å². The molecular formula is C38H38ClN13O2. The van der Waals surface area contributed by atoms with E-state index in [1.165, 1.54) is 0 Å². The number of imidazole rings is 2. The first-order valence-electron chi connectivity index (χ1n) is 16.9. The fourth-order valence-electron chi connectivity index (χ4n) is 6.14. The van der Waals surface area contributed by atoms with E-state index in [2.05, 4.69) is 42.5 Å². The molecule has 0 saturated carbocycles. The quantitative estimate of drug-likeness (QED) is 0.128. The Morgan fingerprint density at radius 1 is 0.852 bits per heavy atom. The Bertz CT molecular complexity index is 2550. The molecule has 1 aliphatic heterocycles. The third-order valence-electron chi connectivity index (χ3n) is 8.58. The van der Waals surface area contributed by atoms with Gasteiger partial charge in [-0.25, -0.2) is 19.9 Å². The molecule has 0 saturated heterocycles. The topological polar surface area (TPSA) is 207 Å². The average Bonchev–Trinajstić information content (AvgIpc) is 3.71. The summed E-state index contributed by atoms with van der Waals surface area (Å²) in [6.07, 6.45) is 4.14. The van der Waals surface area contributed by atoms with Gasteiger partial charge in [0.1, 0.15) is 40.7 Å². The molecule has 4 aromatic heterocycles. The number of anilines is 3. The summed E-state index contributed by atoms with van der Waals surface area (Å²) < 4.78 is 14.2. The number of nitrogens with zero attached hydrogens (tertiary/aromatic N) is 8. The molecule has 5 heterocycles. The van der Waals surface area contributed by atoms with E-state index in [4.69, 9.17) is 43.3 Å². The van der Waals surface area contributed by atoms with Crippen LogP contribution in [0.4, 0.5) is 17.5 Å². The van der Waals surface area contributed by atoms with E-state index in [1.54, 1.807) is 50.8 Å². The molecule has 0 fully saturated rings. The van der Waals surface area contributed by atoms with Gasteiger partial charge in [-0.05, 0) is 55.5 Å². The fraction of sp³-hybridized carbons (Fsp3) is 0.158. The highest BCUT2D eigenvalue weighted by molar-refractivity contribution is 6.32. The highest BCUT2D eigenvalue weighted by Crippen LogP contribution is 2.32. The Labute approximate surface area is 315 Å².